The summed E-state index contributed by atoms with van der Waals surface area (Å²) in [7, 11) is 0. The molecule has 0 heteroatoms. The Morgan fingerprint density at radius 1 is 0.850 bits per heavy atom. The zero-order valence-electron chi connectivity index (χ0n) is 11.7. The molecular weight excluding hydrogens is 240 g/mol. The minimum absolute atomic E-state index is 0.968. The van der Waals surface area contributed by atoms with E-state index in [1.54, 1.807) is 0 Å². The van der Waals surface area contributed by atoms with Gasteiger partial charge in [0, 0.05) is 0 Å². The maximum Gasteiger partial charge on any atom is -0.00880 e. The Balaban J connectivity index is 1.86. The summed E-state index contributed by atoms with van der Waals surface area (Å²) in [6.45, 7) is 2.14. The van der Waals surface area contributed by atoms with Gasteiger partial charge in [-0.05, 0) is 35.2 Å². The predicted molar refractivity (Wildman–Crippen MR) is 87.9 cm³/mol. The smallest absolute Gasteiger partial charge is 0.00880 e. The van der Waals surface area contributed by atoms with Crippen molar-refractivity contribution in [1.29, 1.82) is 0 Å². The predicted octanol–water partition coefficient (Wildman–Crippen LogP) is 5.40. The number of fused-ring (bicyclic) bond motifs is 1. The van der Waals surface area contributed by atoms with Crippen LogP contribution < -0.4 is 0 Å². The second-order valence-electron chi connectivity index (χ2n) is 5.16. The molecule has 0 heterocycles. The van der Waals surface area contributed by atoms with Gasteiger partial charge >= 0.3 is 0 Å². The summed E-state index contributed by atoms with van der Waals surface area (Å²) >= 11 is 0. The minimum atomic E-state index is 0.968. The normalized spacial score (nSPS) is 11.2. The molecule has 0 aliphatic carbocycles. The zero-order valence-corrected chi connectivity index (χ0v) is 11.7. The average Bonchev–Trinajstić information content (AvgIpc) is 2.48. The molecule has 3 rings (SSSR count). The van der Waals surface area contributed by atoms with Gasteiger partial charge in [-0.25, -0.2) is 0 Å². The van der Waals surface area contributed by atoms with Gasteiger partial charge in [-0.2, -0.15) is 0 Å². The van der Waals surface area contributed by atoms with E-state index in [0.717, 1.165) is 6.42 Å². The highest BCUT2D eigenvalue weighted by molar-refractivity contribution is 5.86. The number of rotatable bonds is 3. The molecule has 0 aromatic heterocycles. The molecule has 0 atom stereocenters. The fourth-order valence-corrected chi connectivity index (χ4v) is 2.53. The van der Waals surface area contributed by atoms with Gasteiger partial charge in [0.1, 0.15) is 0 Å². The Hall–Kier alpha value is -2.34. The van der Waals surface area contributed by atoms with Gasteiger partial charge in [0.15, 0.2) is 0 Å². The van der Waals surface area contributed by atoms with Crippen molar-refractivity contribution in [2.45, 2.75) is 13.3 Å². The first-order valence-corrected chi connectivity index (χ1v) is 7.03. The van der Waals surface area contributed by atoms with Gasteiger partial charge in [0.2, 0.25) is 0 Å². The molecule has 0 nitrogen and oxygen atoms in total. The Bertz CT molecular complexity index is 736. The lowest BCUT2D eigenvalue weighted by molar-refractivity contribution is 1.31. The van der Waals surface area contributed by atoms with Crippen molar-refractivity contribution in [3.8, 4) is 0 Å². The van der Waals surface area contributed by atoms with E-state index >= 15 is 0 Å². The molecule has 0 N–H and O–H groups in total. The van der Waals surface area contributed by atoms with Crippen LogP contribution in [0.2, 0.25) is 0 Å². The van der Waals surface area contributed by atoms with Crippen LogP contribution in [0.5, 0.6) is 0 Å². The lowest BCUT2D eigenvalue weighted by Crippen LogP contribution is -1.85. The van der Waals surface area contributed by atoms with Gasteiger partial charge in [-0.3, -0.25) is 0 Å². The van der Waals surface area contributed by atoms with Crippen LogP contribution in [-0.2, 0) is 6.42 Å². The highest BCUT2D eigenvalue weighted by atomic mass is 14.0. The fraction of sp³-hybridized carbons (Fsp3) is 0.100. The van der Waals surface area contributed by atoms with Crippen molar-refractivity contribution in [3.05, 3.63) is 89.5 Å². The third kappa shape index (κ3) is 2.80. The van der Waals surface area contributed by atoms with Gasteiger partial charge in [-0.15, -0.1) is 0 Å². The van der Waals surface area contributed by atoms with Crippen LogP contribution in [-0.4, -0.2) is 0 Å². The van der Waals surface area contributed by atoms with Crippen LogP contribution >= 0.6 is 0 Å². The number of aryl methyl sites for hydroxylation is 1. The summed E-state index contributed by atoms with van der Waals surface area (Å²) in [4.78, 5) is 0. The van der Waals surface area contributed by atoms with Crippen molar-refractivity contribution >= 4 is 16.8 Å². The van der Waals surface area contributed by atoms with E-state index < -0.39 is 0 Å². The van der Waals surface area contributed by atoms with E-state index in [4.69, 9.17) is 0 Å². The first-order valence-electron chi connectivity index (χ1n) is 7.03. The fourth-order valence-electron chi connectivity index (χ4n) is 2.53. The first-order chi connectivity index (χ1) is 9.83. The van der Waals surface area contributed by atoms with Crippen molar-refractivity contribution in [2.75, 3.05) is 0 Å². The van der Waals surface area contributed by atoms with Crippen LogP contribution in [0.4, 0.5) is 0 Å². The summed E-state index contributed by atoms with van der Waals surface area (Å²) in [5.41, 5.74) is 3.95. The highest BCUT2D eigenvalue weighted by Gasteiger charge is 1.99. The SMILES string of the molecule is Cc1ccc2c(C/C=C/c3ccccc3)cccc2c1. The summed E-state index contributed by atoms with van der Waals surface area (Å²) in [5, 5.41) is 2.69. The number of hydrogen-bond donors (Lipinski definition) is 0. The monoisotopic (exact) mass is 258 g/mol. The standard InChI is InChI=1S/C20H18/c1-16-13-14-20-18(11-6-12-19(20)15-16)10-5-9-17-7-3-2-4-8-17/h2-9,11-15H,10H2,1H3/b9-5+. The first kappa shape index (κ1) is 12.7. The number of allylic oxidation sites excluding steroid dienone is 1. The third-order valence-electron chi connectivity index (χ3n) is 3.57. The Morgan fingerprint density at radius 3 is 2.55 bits per heavy atom. The molecule has 98 valence electrons. The molecular formula is C20H18. The molecule has 0 unspecified atom stereocenters. The van der Waals surface area contributed by atoms with E-state index in [1.165, 1.54) is 27.5 Å². The van der Waals surface area contributed by atoms with Gasteiger partial charge in [-0.1, -0.05) is 84.4 Å². The molecule has 0 saturated carbocycles. The summed E-state index contributed by atoms with van der Waals surface area (Å²) < 4.78 is 0. The van der Waals surface area contributed by atoms with Crippen LogP contribution in [0.1, 0.15) is 16.7 Å². The average molecular weight is 258 g/mol. The second-order valence-corrected chi connectivity index (χ2v) is 5.16. The van der Waals surface area contributed by atoms with E-state index in [0.29, 0.717) is 0 Å². The van der Waals surface area contributed by atoms with Crippen LogP contribution in [0.3, 0.4) is 0 Å². The van der Waals surface area contributed by atoms with E-state index in [2.05, 4.69) is 79.7 Å². The van der Waals surface area contributed by atoms with Gasteiger partial charge in [0.05, 0.1) is 0 Å². The van der Waals surface area contributed by atoms with Gasteiger partial charge in [0.25, 0.3) is 0 Å². The molecule has 20 heavy (non-hydrogen) atoms. The molecule has 3 aromatic carbocycles. The largest absolute Gasteiger partial charge is 0.0795 e. The van der Waals surface area contributed by atoms with Crippen molar-refractivity contribution < 1.29 is 0 Å². The maximum absolute atomic E-state index is 2.25. The molecule has 0 bridgehead atoms. The molecule has 0 spiro atoms. The third-order valence-corrected chi connectivity index (χ3v) is 3.57. The van der Waals surface area contributed by atoms with Crippen molar-refractivity contribution in [2.24, 2.45) is 0 Å². The molecule has 0 radical (unpaired) electrons. The number of benzene rings is 3. The highest BCUT2D eigenvalue weighted by Crippen LogP contribution is 2.21. The van der Waals surface area contributed by atoms with E-state index in [9.17, 15) is 0 Å². The van der Waals surface area contributed by atoms with E-state index in [-0.39, 0.29) is 0 Å². The quantitative estimate of drug-likeness (QED) is 0.589. The molecule has 0 fully saturated rings. The van der Waals surface area contributed by atoms with E-state index in [1.807, 2.05) is 6.07 Å². The Kier molecular flexibility index (Phi) is 3.64. The molecule has 0 aliphatic rings. The zero-order chi connectivity index (χ0) is 13.8. The minimum Gasteiger partial charge on any atom is -0.0795 e. The lowest BCUT2D eigenvalue weighted by Gasteiger charge is -2.05. The summed E-state index contributed by atoms with van der Waals surface area (Å²) in [5.74, 6) is 0. The van der Waals surface area contributed by atoms with Crippen LogP contribution in [0.15, 0.2) is 72.8 Å². The van der Waals surface area contributed by atoms with Crippen LogP contribution in [0, 0.1) is 6.92 Å². The number of hydrogen-bond acceptors (Lipinski definition) is 0. The lowest BCUT2D eigenvalue weighted by atomic mass is 10.00. The van der Waals surface area contributed by atoms with Crippen LogP contribution in [0.25, 0.3) is 16.8 Å². The van der Waals surface area contributed by atoms with Crippen molar-refractivity contribution in [3.63, 3.8) is 0 Å². The molecule has 3 aromatic rings. The topological polar surface area (TPSA) is 0 Å². The summed E-state index contributed by atoms with van der Waals surface area (Å²) in [6.07, 6.45) is 5.40. The van der Waals surface area contributed by atoms with Crippen molar-refractivity contribution in [1.82, 2.24) is 0 Å². The van der Waals surface area contributed by atoms with Gasteiger partial charge < -0.3 is 0 Å². The second kappa shape index (κ2) is 5.75. The maximum atomic E-state index is 2.25. The Morgan fingerprint density at radius 2 is 1.70 bits per heavy atom. The molecule has 0 amide bonds. The summed E-state index contributed by atoms with van der Waals surface area (Å²) in [6, 6.07) is 23.7. The Labute approximate surface area is 120 Å². The molecule has 0 aliphatic heterocycles. The molecule has 0 saturated heterocycles.